The van der Waals surface area contributed by atoms with E-state index >= 15 is 0 Å². The molecule has 2 atom stereocenters. The molecule has 17 heavy (non-hydrogen) atoms. The van der Waals surface area contributed by atoms with Crippen LogP contribution in [0.1, 0.15) is 48.0 Å². The molecule has 5 heteroatoms. The van der Waals surface area contributed by atoms with Crippen molar-refractivity contribution in [1.82, 2.24) is 5.48 Å². The minimum absolute atomic E-state index is 0.0985. The number of nitrogens with one attached hydrogen (secondary N) is 1. The monoisotopic (exact) mass is 251 g/mol. The van der Waals surface area contributed by atoms with Gasteiger partial charge < -0.3 is 10.2 Å². The first-order valence-corrected chi connectivity index (χ1v) is 6.32. The summed E-state index contributed by atoms with van der Waals surface area (Å²) >= 11 is 0. The standard InChI is InChI=1S/C8H17NO4.2C2H6/c1-3-6(2)8(12)9-13-5-7(11)4-10;2*1-2/h6-7,10-11H,3-5H2,1-2H3,(H,9,12);2*1-2H3. The summed E-state index contributed by atoms with van der Waals surface area (Å²) in [6, 6.07) is 0. The fourth-order valence-electron chi connectivity index (χ4n) is 0.548. The number of aliphatic hydroxyl groups excluding tert-OH is 2. The molecule has 0 saturated heterocycles. The van der Waals surface area contributed by atoms with Crippen molar-refractivity contribution in [3.05, 3.63) is 0 Å². The second kappa shape index (κ2) is 17.7. The molecule has 0 radical (unpaired) electrons. The van der Waals surface area contributed by atoms with Crippen molar-refractivity contribution in [3.8, 4) is 0 Å². The molecule has 0 spiro atoms. The smallest absolute Gasteiger partial charge is 0.246 e. The lowest BCUT2D eigenvalue weighted by molar-refractivity contribution is -0.140. The molecule has 0 aromatic heterocycles. The number of carbonyl (C=O) groups excluding carboxylic acids is 1. The van der Waals surface area contributed by atoms with Gasteiger partial charge in [0.1, 0.15) is 12.7 Å². The highest BCUT2D eigenvalue weighted by Gasteiger charge is 2.10. The van der Waals surface area contributed by atoms with Gasteiger partial charge in [0.05, 0.1) is 6.61 Å². The van der Waals surface area contributed by atoms with Crippen molar-refractivity contribution in [2.45, 2.75) is 54.1 Å². The van der Waals surface area contributed by atoms with E-state index in [9.17, 15) is 4.79 Å². The summed E-state index contributed by atoms with van der Waals surface area (Å²) in [7, 11) is 0. The number of hydroxylamine groups is 1. The van der Waals surface area contributed by atoms with Crippen LogP contribution in [0.2, 0.25) is 0 Å². The van der Waals surface area contributed by atoms with E-state index in [1.165, 1.54) is 0 Å². The van der Waals surface area contributed by atoms with Gasteiger partial charge in [-0.3, -0.25) is 9.63 Å². The highest BCUT2D eigenvalue weighted by atomic mass is 16.7. The Labute approximate surface area is 105 Å². The zero-order chi connectivity index (χ0) is 14.3. The first-order chi connectivity index (χ1) is 8.11. The fourth-order valence-corrected chi connectivity index (χ4v) is 0.548. The molecule has 0 aliphatic carbocycles. The molecule has 0 aliphatic heterocycles. The first kappa shape index (κ1) is 21.6. The molecule has 5 nitrogen and oxygen atoms in total. The summed E-state index contributed by atoms with van der Waals surface area (Å²) in [6.45, 7) is 11.2. The van der Waals surface area contributed by atoms with E-state index in [-0.39, 0.29) is 25.0 Å². The summed E-state index contributed by atoms with van der Waals surface area (Å²) in [5, 5.41) is 17.3. The first-order valence-electron chi connectivity index (χ1n) is 6.32. The normalized spacial score (nSPS) is 12.2. The van der Waals surface area contributed by atoms with Gasteiger partial charge in [-0.2, -0.15) is 0 Å². The van der Waals surface area contributed by atoms with E-state index in [1.54, 1.807) is 6.92 Å². The third kappa shape index (κ3) is 15.4. The Hall–Kier alpha value is -0.650. The molecule has 0 aromatic carbocycles. The molecule has 0 bridgehead atoms. The van der Waals surface area contributed by atoms with Crippen molar-refractivity contribution in [2.75, 3.05) is 13.2 Å². The highest BCUT2D eigenvalue weighted by Crippen LogP contribution is 1.99. The minimum Gasteiger partial charge on any atom is -0.394 e. The molecule has 0 fully saturated rings. The largest absolute Gasteiger partial charge is 0.394 e. The fraction of sp³-hybridized carbons (Fsp3) is 0.917. The second-order valence-electron chi connectivity index (χ2n) is 2.92. The van der Waals surface area contributed by atoms with Crippen LogP contribution in [0.4, 0.5) is 0 Å². The minimum atomic E-state index is -0.947. The number of amides is 1. The van der Waals surface area contributed by atoms with E-state index in [2.05, 4.69) is 10.3 Å². The summed E-state index contributed by atoms with van der Waals surface area (Å²) in [4.78, 5) is 15.7. The predicted octanol–water partition coefficient (Wildman–Crippen LogP) is 1.49. The maximum Gasteiger partial charge on any atom is 0.246 e. The maximum absolute atomic E-state index is 11.1. The SMILES string of the molecule is CC.CC.CCC(C)C(=O)NOCC(O)CO. The number of hydrogen-bond donors (Lipinski definition) is 3. The van der Waals surface area contributed by atoms with E-state index in [4.69, 9.17) is 10.2 Å². The van der Waals surface area contributed by atoms with Crippen molar-refractivity contribution in [2.24, 2.45) is 5.92 Å². The van der Waals surface area contributed by atoms with Gasteiger partial charge in [-0.05, 0) is 6.42 Å². The van der Waals surface area contributed by atoms with Crippen LogP contribution in [0.15, 0.2) is 0 Å². The van der Waals surface area contributed by atoms with Gasteiger partial charge in [0.2, 0.25) is 5.91 Å². The zero-order valence-corrected chi connectivity index (χ0v) is 12.0. The maximum atomic E-state index is 11.1. The molecule has 0 rings (SSSR count). The Balaban J connectivity index is -0.000000439. The average molecular weight is 251 g/mol. The number of hydrogen-bond acceptors (Lipinski definition) is 4. The van der Waals surface area contributed by atoms with Crippen LogP contribution in [0.25, 0.3) is 0 Å². The lowest BCUT2D eigenvalue weighted by Crippen LogP contribution is -2.32. The van der Waals surface area contributed by atoms with Gasteiger partial charge in [0, 0.05) is 5.92 Å². The molecule has 0 aliphatic rings. The van der Waals surface area contributed by atoms with Gasteiger partial charge in [-0.15, -0.1) is 0 Å². The third-order valence-corrected chi connectivity index (χ3v) is 1.72. The topological polar surface area (TPSA) is 78.8 Å². The second-order valence-corrected chi connectivity index (χ2v) is 2.92. The van der Waals surface area contributed by atoms with Crippen LogP contribution in [-0.2, 0) is 9.63 Å². The van der Waals surface area contributed by atoms with Crippen LogP contribution in [0.5, 0.6) is 0 Å². The molecule has 0 aromatic rings. The molecule has 1 amide bonds. The quantitative estimate of drug-likeness (QED) is 0.625. The average Bonchev–Trinajstić information content (AvgIpc) is 2.41. The predicted molar refractivity (Wildman–Crippen MR) is 69.3 cm³/mol. The number of carbonyl (C=O) groups is 1. The Morgan fingerprint density at radius 3 is 2.12 bits per heavy atom. The van der Waals surface area contributed by atoms with E-state index in [0.29, 0.717) is 0 Å². The number of rotatable bonds is 6. The Bertz CT molecular complexity index is 153. The molecular formula is C12H29NO4. The lowest BCUT2D eigenvalue weighted by atomic mass is 10.1. The van der Waals surface area contributed by atoms with E-state index < -0.39 is 6.10 Å². The summed E-state index contributed by atoms with van der Waals surface area (Å²) < 4.78 is 0. The molecule has 2 unspecified atom stereocenters. The van der Waals surface area contributed by atoms with Crippen LogP contribution in [0.3, 0.4) is 0 Å². The van der Waals surface area contributed by atoms with Gasteiger partial charge in [-0.25, -0.2) is 5.48 Å². The highest BCUT2D eigenvalue weighted by molar-refractivity contribution is 5.77. The van der Waals surface area contributed by atoms with Crippen LogP contribution in [-0.4, -0.2) is 35.4 Å². The Morgan fingerprint density at radius 2 is 1.76 bits per heavy atom. The van der Waals surface area contributed by atoms with Gasteiger partial charge >= 0.3 is 0 Å². The molecule has 0 heterocycles. The van der Waals surface area contributed by atoms with Gasteiger partial charge in [-0.1, -0.05) is 41.5 Å². The van der Waals surface area contributed by atoms with E-state index in [0.717, 1.165) is 6.42 Å². The van der Waals surface area contributed by atoms with Crippen molar-refractivity contribution in [1.29, 1.82) is 0 Å². The van der Waals surface area contributed by atoms with Crippen LogP contribution < -0.4 is 5.48 Å². The molecule has 3 N–H and O–H groups in total. The molecule has 106 valence electrons. The van der Waals surface area contributed by atoms with Crippen molar-refractivity contribution < 1.29 is 19.8 Å². The molecule has 0 saturated carbocycles. The number of aliphatic hydroxyl groups is 2. The van der Waals surface area contributed by atoms with E-state index in [1.807, 2.05) is 34.6 Å². The van der Waals surface area contributed by atoms with Crippen molar-refractivity contribution >= 4 is 5.91 Å². The van der Waals surface area contributed by atoms with Crippen LogP contribution >= 0.6 is 0 Å². The van der Waals surface area contributed by atoms with Gasteiger partial charge in [0.15, 0.2) is 0 Å². The Morgan fingerprint density at radius 1 is 1.29 bits per heavy atom. The van der Waals surface area contributed by atoms with Crippen LogP contribution in [0, 0.1) is 5.92 Å². The van der Waals surface area contributed by atoms with Gasteiger partial charge in [0.25, 0.3) is 0 Å². The van der Waals surface area contributed by atoms with Crippen molar-refractivity contribution in [3.63, 3.8) is 0 Å². The third-order valence-electron chi connectivity index (χ3n) is 1.72. The summed E-state index contributed by atoms with van der Waals surface area (Å²) in [6.07, 6.45) is -0.213. The molecular weight excluding hydrogens is 222 g/mol. The lowest BCUT2D eigenvalue weighted by Gasteiger charge is -2.11. The summed E-state index contributed by atoms with van der Waals surface area (Å²) in [5.41, 5.74) is 2.19. The summed E-state index contributed by atoms with van der Waals surface area (Å²) in [5.74, 6) is -0.320. The zero-order valence-electron chi connectivity index (χ0n) is 12.0. The Kier molecular flexibility index (Phi) is 22.6.